The Kier molecular flexibility index (Phi) is 5.65. The van der Waals surface area contributed by atoms with Gasteiger partial charge in [-0.05, 0) is 32.7 Å². The minimum absolute atomic E-state index is 0.0783. The molecule has 1 amide bonds. The summed E-state index contributed by atoms with van der Waals surface area (Å²) in [6, 6.07) is 0.219. The van der Waals surface area contributed by atoms with Crippen molar-refractivity contribution < 1.29 is 9.53 Å². The molecule has 1 saturated heterocycles. The van der Waals surface area contributed by atoms with E-state index in [1.807, 2.05) is 13.8 Å². The summed E-state index contributed by atoms with van der Waals surface area (Å²) in [6.45, 7) is 7.39. The third-order valence-corrected chi connectivity index (χ3v) is 2.44. The number of nitrogens with one attached hydrogen (secondary N) is 2. The number of ether oxygens (including phenoxy) is 1. The van der Waals surface area contributed by atoms with E-state index in [1.165, 1.54) is 6.42 Å². The highest BCUT2D eigenvalue weighted by Gasteiger charge is 2.14. The lowest BCUT2D eigenvalue weighted by atomic mass is 10.1. The fourth-order valence-corrected chi connectivity index (χ4v) is 1.67. The molecule has 0 aliphatic carbocycles. The highest BCUT2D eigenvalue weighted by Crippen LogP contribution is 2.07. The first-order valence-corrected chi connectivity index (χ1v) is 5.76. The summed E-state index contributed by atoms with van der Waals surface area (Å²) in [5.74, 6) is 0.715. The maximum absolute atomic E-state index is 11.2. The van der Waals surface area contributed by atoms with E-state index in [4.69, 9.17) is 4.74 Å². The summed E-state index contributed by atoms with van der Waals surface area (Å²) < 4.78 is 5.47. The fraction of sp³-hybridized carbons (Fsp3) is 0.909. The third kappa shape index (κ3) is 5.74. The smallest absolute Gasteiger partial charge is 0.222 e. The number of rotatable bonds is 6. The second kappa shape index (κ2) is 6.80. The molecule has 1 aliphatic rings. The lowest BCUT2D eigenvalue weighted by Gasteiger charge is -2.10. The van der Waals surface area contributed by atoms with Crippen molar-refractivity contribution in [2.75, 3.05) is 26.3 Å². The summed E-state index contributed by atoms with van der Waals surface area (Å²) in [6.07, 6.45) is 1.66. The van der Waals surface area contributed by atoms with Gasteiger partial charge in [-0.2, -0.15) is 0 Å². The standard InChI is InChI=1S/C11H22N2O2/c1-9(2)13-11(14)4-6-15-8-10-3-5-12-7-10/h9-10,12H,3-8H2,1-2H3,(H,13,14). The molecule has 1 rings (SSSR count). The van der Waals surface area contributed by atoms with Crippen LogP contribution in [0.25, 0.3) is 0 Å². The highest BCUT2D eigenvalue weighted by molar-refractivity contribution is 5.76. The van der Waals surface area contributed by atoms with Gasteiger partial charge < -0.3 is 15.4 Å². The molecule has 0 bridgehead atoms. The zero-order chi connectivity index (χ0) is 11.1. The van der Waals surface area contributed by atoms with Crippen molar-refractivity contribution in [1.29, 1.82) is 0 Å². The molecular formula is C11H22N2O2. The van der Waals surface area contributed by atoms with E-state index in [0.717, 1.165) is 19.7 Å². The molecule has 1 heterocycles. The molecule has 15 heavy (non-hydrogen) atoms. The van der Waals surface area contributed by atoms with E-state index in [-0.39, 0.29) is 11.9 Å². The third-order valence-electron chi connectivity index (χ3n) is 2.44. The molecule has 0 saturated carbocycles. The Bertz CT molecular complexity index is 189. The number of carbonyl (C=O) groups is 1. The Hall–Kier alpha value is -0.610. The van der Waals surface area contributed by atoms with Crippen LogP contribution in [0.15, 0.2) is 0 Å². The Balaban J connectivity index is 1.94. The molecule has 0 aromatic rings. The second-order valence-electron chi connectivity index (χ2n) is 4.41. The second-order valence-corrected chi connectivity index (χ2v) is 4.41. The van der Waals surface area contributed by atoms with Gasteiger partial charge in [-0.1, -0.05) is 0 Å². The van der Waals surface area contributed by atoms with Crippen LogP contribution in [0.2, 0.25) is 0 Å². The first kappa shape index (κ1) is 12.5. The van der Waals surface area contributed by atoms with Crippen molar-refractivity contribution in [3.63, 3.8) is 0 Å². The van der Waals surface area contributed by atoms with Crippen LogP contribution >= 0.6 is 0 Å². The monoisotopic (exact) mass is 214 g/mol. The highest BCUT2D eigenvalue weighted by atomic mass is 16.5. The molecule has 1 atom stereocenters. The normalized spacial score (nSPS) is 20.9. The zero-order valence-corrected chi connectivity index (χ0v) is 9.71. The van der Waals surface area contributed by atoms with Crippen LogP contribution in [0.5, 0.6) is 0 Å². The van der Waals surface area contributed by atoms with Crippen molar-refractivity contribution in [2.24, 2.45) is 5.92 Å². The van der Waals surface area contributed by atoms with Gasteiger partial charge in [0.25, 0.3) is 0 Å². The van der Waals surface area contributed by atoms with Gasteiger partial charge in [0.2, 0.25) is 5.91 Å². The number of amides is 1. The van der Waals surface area contributed by atoms with Crippen LogP contribution in [-0.4, -0.2) is 38.3 Å². The number of hydrogen-bond acceptors (Lipinski definition) is 3. The van der Waals surface area contributed by atoms with Crippen LogP contribution in [0.1, 0.15) is 26.7 Å². The maximum atomic E-state index is 11.2. The van der Waals surface area contributed by atoms with Crippen LogP contribution < -0.4 is 10.6 Å². The minimum atomic E-state index is 0.0783. The van der Waals surface area contributed by atoms with Crippen LogP contribution in [0.3, 0.4) is 0 Å². The Morgan fingerprint density at radius 3 is 3.00 bits per heavy atom. The van der Waals surface area contributed by atoms with Crippen LogP contribution in [0.4, 0.5) is 0 Å². The van der Waals surface area contributed by atoms with Crippen molar-refractivity contribution >= 4 is 5.91 Å². The number of hydrogen-bond donors (Lipinski definition) is 2. The molecule has 0 spiro atoms. The van der Waals surface area contributed by atoms with Crippen molar-refractivity contribution in [3.8, 4) is 0 Å². The molecule has 1 fully saturated rings. The van der Waals surface area contributed by atoms with Gasteiger partial charge in [0.1, 0.15) is 0 Å². The summed E-state index contributed by atoms with van der Waals surface area (Å²) in [5, 5.41) is 6.13. The molecule has 0 aromatic carbocycles. The summed E-state index contributed by atoms with van der Waals surface area (Å²) >= 11 is 0. The topological polar surface area (TPSA) is 50.4 Å². The average Bonchev–Trinajstić information content (AvgIpc) is 2.63. The molecule has 1 aliphatic heterocycles. The molecule has 0 radical (unpaired) electrons. The van der Waals surface area contributed by atoms with Gasteiger partial charge in [0.05, 0.1) is 13.2 Å². The lowest BCUT2D eigenvalue weighted by Crippen LogP contribution is -2.30. The van der Waals surface area contributed by atoms with E-state index in [1.54, 1.807) is 0 Å². The predicted molar refractivity (Wildman–Crippen MR) is 59.7 cm³/mol. The number of carbonyl (C=O) groups excluding carboxylic acids is 1. The Labute approximate surface area is 91.8 Å². The minimum Gasteiger partial charge on any atom is -0.381 e. The van der Waals surface area contributed by atoms with Gasteiger partial charge in [0, 0.05) is 19.0 Å². The molecule has 0 aromatic heterocycles. The molecule has 2 N–H and O–H groups in total. The summed E-state index contributed by atoms with van der Waals surface area (Å²) in [5.41, 5.74) is 0. The molecule has 4 nitrogen and oxygen atoms in total. The van der Waals surface area contributed by atoms with Crippen LogP contribution in [0, 0.1) is 5.92 Å². The zero-order valence-electron chi connectivity index (χ0n) is 9.71. The van der Waals surface area contributed by atoms with Gasteiger partial charge in [-0.25, -0.2) is 0 Å². The largest absolute Gasteiger partial charge is 0.381 e. The average molecular weight is 214 g/mol. The van der Waals surface area contributed by atoms with E-state index in [2.05, 4.69) is 10.6 Å². The van der Waals surface area contributed by atoms with Gasteiger partial charge >= 0.3 is 0 Å². The first-order valence-electron chi connectivity index (χ1n) is 5.76. The summed E-state index contributed by atoms with van der Waals surface area (Å²) in [7, 11) is 0. The first-order chi connectivity index (χ1) is 7.18. The Morgan fingerprint density at radius 2 is 2.40 bits per heavy atom. The molecular weight excluding hydrogens is 192 g/mol. The van der Waals surface area contributed by atoms with E-state index >= 15 is 0 Å². The quantitative estimate of drug-likeness (QED) is 0.634. The van der Waals surface area contributed by atoms with Crippen LogP contribution in [-0.2, 0) is 9.53 Å². The van der Waals surface area contributed by atoms with E-state index < -0.39 is 0 Å². The van der Waals surface area contributed by atoms with E-state index in [9.17, 15) is 4.79 Å². The van der Waals surface area contributed by atoms with Gasteiger partial charge in [-0.3, -0.25) is 4.79 Å². The van der Waals surface area contributed by atoms with Gasteiger partial charge in [-0.15, -0.1) is 0 Å². The van der Waals surface area contributed by atoms with Gasteiger partial charge in [0.15, 0.2) is 0 Å². The summed E-state index contributed by atoms with van der Waals surface area (Å²) in [4.78, 5) is 11.2. The van der Waals surface area contributed by atoms with Crippen molar-refractivity contribution in [1.82, 2.24) is 10.6 Å². The van der Waals surface area contributed by atoms with Crippen molar-refractivity contribution in [2.45, 2.75) is 32.7 Å². The fourth-order valence-electron chi connectivity index (χ4n) is 1.67. The molecule has 1 unspecified atom stereocenters. The Morgan fingerprint density at radius 1 is 1.60 bits per heavy atom. The lowest BCUT2D eigenvalue weighted by molar-refractivity contribution is -0.122. The maximum Gasteiger partial charge on any atom is 0.222 e. The predicted octanol–water partition coefficient (Wildman–Crippen LogP) is 0.527. The van der Waals surface area contributed by atoms with E-state index in [0.29, 0.717) is 18.9 Å². The SMILES string of the molecule is CC(C)NC(=O)CCOCC1CCNC1. The molecule has 4 heteroatoms. The van der Waals surface area contributed by atoms with Crippen molar-refractivity contribution in [3.05, 3.63) is 0 Å². The molecule has 88 valence electrons.